The number of nitrogens with zero attached hydrogens (tertiary/aromatic N) is 1. The maximum atomic E-state index is 13.3. The Kier molecular flexibility index (Phi) is 1.82. The SMILES string of the molecule is CC1(C)c2cc(F)ccc2-c2cnc(=O)[nH]c21. The highest BCUT2D eigenvalue weighted by atomic mass is 19.1. The van der Waals surface area contributed by atoms with Gasteiger partial charge in [0.2, 0.25) is 0 Å². The molecule has 0 unspecified atom stereocenters. The first-order valence-corrected chi connectivity index (χ1v) is 5.40. The monoisotopic (exact) mass is 230 g/mol. The minimum atomic E-state index is -0.394. The minimum absolute atomic E-state index is 0.264. The fourth-order valence-corrected chi connectivity index (χ4v) is 2.49. The summed E-state index contributed by atoms with van der Waals surface area (Å²) in [6, 6.07) is 4.68. The summed E-state index contributed by atoms with van der Waals surface area (Å²) < 4.78 is 13.3. The Bertz CT molecular complexity index is 673. The third-order valence-corrected chi connectivity index (χ3v) is 3.38. The molecule has 4 heteroatoms. The molecule has 0 amide bonds. The molecule has 1 aliphatic carbocycles. The third kappa shape index (κ3) is 1.27. The molecule has 1 aromatic heterocycles. The molecule has 0 atom stereocenters. The van der Waals surface area contributed by atoms with Gasteiger partial charge in [0.05, 0.1) is 0 Å². The molecule has 3 rings (SSSR count). The number of fused-ring (bicyclic) bond motifs is 3. The average molecular weight is 230 g/mol. The van der Waals surface area contributed by atoms with E-state index in [9.17, 15) is 9.18 Å². The summed E-state index contributed by atoms with van der Waals surface area (Å²) in [5, 5.41) is 0. The highest BCUT2D eigenvalue weighted by Crippen LogP contribution is 2.46. The van der Waals surface area contributed by atoms with Crippen molar-refractivity contribution in [3.63, 3.8) is 0 Å². The standard InChI is InChI=1S/C13H11FN2O/c1-13(2)10-5-7(14)3-4-8(10)9-6-15-12(17)16-11(9)13/h3-6H,1-2H3,(H,15,16,17). The highest BCUT2D eigenvalue weighted by molar-refractivity contribution is 5.78. The van der Waals surface area contributed by atoms with Gasteiger partial charge in [-0.05, 0) is 23.3 Å². The Hall–Kier alpha value is -1.97. The normalized spacial score (nSPS) is 15.5. The van der Waals surface area contributed by atoms with Crippen LogP contribution in [0.3, 0.4) is 0 Å². The zero-order valence-electron chi connectivity index (χ0n) is 9.54. The molecule has 0 saturated carbocycles. The van der Waals surface area contributed by atoms with Crippen LogP contribution in [0.2, 0.25) is 0 Å². The predicted octanol–water partition coefficient (Wildman–Crippen LogP) is 2.22. The van der Waals surface area contributed by atoms with E-state index >= 15 is 0 Å². The molecule has 0 spiro atoms. The van der Waals surface area contributed by atoms with Gasteiger partial charge in [0, 0.05) is 22.9 Å². The van der Waals surface area contributed by atoms with Crippen molar-refractivity contribution in [2.75, 3.05) is 0 Å². The van der Waals surface area contributed by atoms with Gasteiger partial charge in [-0.15, -0.1) is 0 Å². The van der Waals surface area contributed by atoms with E-state index in [-0.39, 0.29) is 11.5 Å². The molecule has 0 aliphatic heterocycles. The molecule has 1 aliphatic rings. The second-order valence-corrected chi connectivity index (χ2v) is 4.79. The van der Waals surface area contributed by atoms with Crippen molar-refractivity contribution in [3.8, 4) is 11.1 Å². The van der Waals surface area contributed by atoms with Crippen LogP contribution in [0.25, 0.3) is 11.1 Å². The van der Waals surface area contributed by atoms with Gasteiger partial charge < -0.3 is 4.98 Å². The Morgan fingerprint density at radius 2 is 2.06 bits per heavy atom. The van der Waals surface area contributed by atoms with Crippen LogP contribution in [0.5, 0.6) is 0 Å². The van der Waals surface area contributed by atoms with Crippen LogP contribution in [-0.2, 0) is 5.41 Å². The van der Waals surface area contributed by atoms with Crippen molar-refractivity contribution >= 4 is 0 Å². The van der Waals surface area contributed by atoms with E-state index in [0.717, 1.165) is 22.4 Å². The minimum Gasteiger partial charge on any atom is -0.308 e. The van der Waals surface area contributed by atoms with Crippen molar-refractivity contribution in [1.29, 1.82) is 0 Å². The molecule has 2 aromatic rings. The Balaban J connectivity index is 2.41. The molecule has 0 saturated heterocycles. The lowest BCUT2D eigenvalue weighted by Gasteiger charge is -2.20. The van der Waals surface area contributed by atoms with Crippen LogP contribution in [0.15, 0.2) is 29.2 Å². The predicted molar refractivity (Wildman–Crippen MR) is 62.4 cm³/mol. The number of hydrogen-bond acceptors (Lipinski definition) is 2. The molecule has 0 fully saturated rings. The molecule has 3 nitrogen and oxygen atoms in total. The van der Waals surface area contributed by atoms with Gasteiger partial charge in [-0.2, -0.15) is 0 Å². The molecular formula is C13H11FN2O. The Labute approximate surface area is 97.3 Å². The number of aromatic amines is 1. The number of H-pyrrole nitrogens is 1. The largest absolute Gasteiger partial charge is 0.345 e. The van der Waals surface area contributed by atoms with E-state index in [4.69, 9.17) is 0 Å². The summed E-state index contributed by atoms with van der Waals surface area (Å²) in [7, 11) is 0. The third-order valence-electron chi connectivity index (χ3n) is 3.38. The molecule has 1 heterocycles. The van der Waals surface area contributed by atoms with Gasteiger partial charge in [0.15, 0.2) is 0 Å². The number of hydrogen-bond donors (Lipinski definition) is 1. The molecule has 0 bridgehead atoms. The fraction of sp³-hybridized carbons (Fsp3) is 0.231. The van der Waals surface area contributed by atoms with E-state index in [1.165, 1.54) is 12.1 Å². The highest BCUT2D eigenvalue weighted by Gasteiger charge is 2.36. The fourth-order valence-electron chi connectivity index (χ4n) is 2.49. The van der Waals surface area contributed by atoms with Crippen LogP contribution in [0, 0.1) is 5.82 Å². The lowest BCUT2D eigenvalue weighted by molar-refractivity contribution is 0.600. The van der Waals surface area contributed by atoms with Gasteiger partial charge in [-0.1, -0.05) is 19.9 Å². The van der Waals surface area contributed by atoms with Crippen LogP contribution in [0.1, 0.15) is 25.1 Å². The number of nitrogens with one attached hydrogen (secondary N) is 1. The maximum absolute atomic E-state index is 13.3. The zero-order chi connectivity index (χ0) is 12.2. The molecule has 1 N–H and O–H groups in total. The van der Waals surface area contributed by atoms with Crippen molar-refractivity contribution in [3.05, 3.63) is 52.0 Å². The molecule has 17 heavy (non-hydrogen) atoms. The smallest absolute Gasteiger partial charge is 0.308 e. The van der Waals surface area contributed by atoms with Crippen molar-refractivity contribution in [2.45, 2.75) is 19.3 Å². The summed E-state index contributed by atoms with van der Waals surface area (Å²) in [5.41, 5.74) is 2.74. The first-order valence-electron chi connectivity index (χ1n) is 5.40. The van der Waals surface area contributed by atoms with Crippen molar-refractivity contribution in [2.24, 2.45) is 0 Å². The summed E-state index contributed by atoms with van der Waals surface area (Å²) >= 11 is 0. The Morgan fingerprint density at radius 1 is 1.29 bits per heavy atom. The van der Waals surface area contributed by atoms with Crippen LogP contribution in [0.4, 0.5) is 4.39 Å². The quantitative estimate of drug-likeness (QED) is 0.754. The number of benzene rings is 1. The van der Waals surface area contributed by atoms with E-state index < -0.39 is 5.41 Å². The zero-order valence-corrected chi connectivity index (χ0v) is 9.54. The molecule has 0 radical (unpaired) electrons. The van der Waals surface area contributed by atoms with Crippen molar-refractivity contribution in [1.82, 2.24) is 9.97 Å². The summed E-state index contributed by atoms with van der Waals surface area (Å²) in [5.74, 6) is -0.264. The second kappa shape index (κ2) is 3.03. The van der Waals surface area contributed by atoms with E-state index in [1.54, 1.807) is 12.3 Å². The van der Waals surface area contributed by atoms with Gasteiger partial charge in [0.1, 0.15) is 5.82 Å². The van der Waals surface area contributed by atoms with Crippen LogP contribution in [-0.4, -0.2) is 9.97 Å². The van der Waals surface area contributed by atoms with Crippen LogP contribution >= 0.6 is 0 Å². The van der Waals surface area contributed by atoms with Crippen molar-refractivity contribution < 1.29 is 4.39 Å². The van der Waals surface area contributed by atoms with Gasteiger partial charge in [-0.25, -0.2) is 14.2 Å². The average Bonchev–Trinajstić information content (AvgIpc) is 2.49. The van der Waals surface area contributed by atoms with E-state index in [1.807, 2.05) is 13.8 Å². The first-order chi connectivity index (χ1) is 8.00. The number of halogens is 1. The van der Waals surface area contributed by atoms with E-state index in [2.05, 4.69) is 9.97 Å². The lowest BCUT2D eigenvalue weighted by Crippen LogP contribution is -2.22. The topological polar surface area (TPSA) is 45.8 Å². The van der Waals surface area contributed by atoms with Gasteiger partial charge >= 0.3 is 5.69 Å². The summed E-state index contributed by atoms with van der Waals surface area (Å²) in [6.07, 6.45) is 1.56. The first kappa shape index (κ1) is 10.2. The lowest BCUT2D eigenvalue weighted by atomic mass is 9.85. The van der Waals surface area contributed by atoms with Gasteiger partial charge in [0.25, 0.3) is 0 Å². The summed E-state index contributed by atoms with van der Waals surface area (Å²) in [4.78, 5) is 17.8. The second-order valence-electron chi connectivity index (χ2n) is 4.79. The Morgan fingerprint density at radius 3 is 2.82 bits per heavy atom. The maximum Gasteiger partial charge on any atom is 0.345 e. The molecular weight excluding hydrogens is 219 g/mol. The number of aromatic nitrogens is 2. The summed E-state index contributed by atoms with van der Waals surface area (Å²) in [6.45, 7) is 3.93. The number of rotatable bonds is 0. The van der Waals surface area contributed by atoms with Crippen LogP contribution < -0.4 is 5.69 Å². The molecule has 86 valence electrons. The molecule has 1 aromatic carbocycles. The van der Waals surface area contributed by atoms with Gasteiger partial charge in [-0.3, -0.25) is 0 Å². The van der Waals surface area contributed by atoms with E-state index in [0.29, 0.717) is 0 Å².